The number of carboxylic acid groups (broad SMARTS) is 1. The lowest BCUT2D eigenvalue weighted by Crippen LogP contribution is -2.08. The Hall–Kier alpha value is -2.50. The second kappa shape index (κ2) is 6.44. The molecule has 0 aliphatic heterocycles. The van der Waals surface area contributed by atoms with E-state index in [0.29, 0.717) is 22.8 Å². The van der Waals surface area contributed by atoms with E-state index in [1.54, 1.807) is 12.1 Å². The van der Waals surface area contributed by atoms with E-state index >= 15 is 0 Å². The number of ketones is 1. The first kappa shape index (κ1) is 14.6. The normalized spacial score (nSPS) is 10.3. The maximum absolute atomic E-state index is 11.0. The molecule has 0 bridgehead atoms. The number of carbonyl (C=O) groups excluding carboxylic acids is 1. The first-order chi connectivity index (χ1) is 9.03. The van der Waals surface area contributed by atoms with E-state index in [1.807, 2.05) is 0 Å². The van der Waals surface area contributed by atoms with Crippen molar-refractivity contribution >= 4 is 17.8 Å². The minimum Gasteiger partial charge on any atom is -0.496 e. The van der Waals surface area contributed by atoms with Crippen LogP contribution in [0.5, 0.6) is 17.2 Å². The molecule has 1 N–H and O–H groups in total. The van der Waals surface area contributed by atoms with Crippen molar-refractivity contribution in [3.8, 4) is 17.2 Å². The van der Waals surface area contributed by atoms with E-state index in [4.69, 9.17) is 19.3 Å². The monoisotopic (exact) mass is 266 g/mol. The van der Waals surface area contributed by atoms with Gasteiger partial charge in [0.1, 0.15) is 5.75 Å². The van der Waals surface area contributed by atoms with E-state index in [2.05, 4.69) is 0 Å². The Labute approximate surface area is 110 Å². The summed E-state index contributed by atoms with van der Waals surface area (Å²) in [5, 5.41) is 8.49. The fraction of sp³-hybridized carbons (Fsp3) is 0.231. The van der Waals surface area contributed by atoms with Gasteiger partial charge in [-0.25, -0.2) is 4.79 Å². The molecule has 1 rings (SSSR count). The second-order valence-corrected chi connectivity index (χ2v) is 3.45. The number of carbonyl (C=O) groups is 2. The van der Waals surface area contributed by atoms with Gasteiger partial charge in [-0.3, -0.25) is 4.79 Å². The lowest BCUT2D eigenvalue weighted by atomic mass is 10.1. The van der Waals surface area contributed by atoms with Gasteiger partial charge < -0.3 is 19.3 Å². The molecule has 0 saturated heterocycles. The van der Waals surface area contributed by atoms with Crippen LogP contribution in [0.15, 0.2) is 18.2 Å². The Kier molecular flexibility index (Phi) is 4.93. The third-order valence-electron chi connectivity index (χ3n) is 2.36. The number of carboxylic acids is 1. The summed E-state index contributed by atoms with van der Waals surface area (Å²) >= 11 is 0. The van der Waals surface area contributed by atoms with Gasteiger partial charge in [0, 0.05) is 11.6 Å². The quantitative estimate of drug-likeness (QED) is 0.618. The van der Waals surface area contributed by atoms with Crippen LogP contribution in [-0.2, 0) is 9.59 Å². The summed E-state index contributed by atoms with van der Waals surface area (Å²) in [7, 11) is 4.42. The van der Waals surface area contributed by atoms with E-state index in [-0.39, 0.29) is 0 Å². The van der Waals surface area contributed by atoms with Crippen LogP contribution in [0.25, 0.3) is 6.08 Å². The average Bonchev–Trinajstić information content (AvgIpc) is 2.43. The molecule has 6 nitrogen and oxygen atoms in total. The number of methoxy groups -OCH3 is 3. The summed E-state index contributed by atoms with van der Waals surface area (Å²) in [6.45, 7) is 0. The summed E-state index contributed by atoms with van der Waals surface area (Å²) in [5.74, 6) is -1.17. The maximum atomic E-state index is 11.0. The van der Waals surface area contributed by atoms with Gasteiger partial charge in [0.25, 0.3) is 5.78 Å². The Morgan fingerprint density at radius 3 is 2.00 bits per heavy atom. The Morgan fingerprint density at radius 1 is 1.00 bits per heavy atom. The van der Waals surface area contributed by atoms with Crippen LogP contribution in [0.1, 0.15) is 5.56 Å². The van der Waals surface area contributed by atoms with Crippen LogP contribution in [-0.4, -0.2) is 38.2 Å². The summed E-state index contributed by atoms with van der Waals surface area (Å²) < 4.78 is 15.4. The summed E-state index contributed by atoms with van der Waals surface area (Å²) in [6.07, 6.45) is 2.29. The fourth-order valence-corrected chi connectivity index (χ4v) is 1.42. The van der Waals surface area contributed by atoms with Crippen LogP contribution < -0.4 is 14.2 Å². The van der Waals surface area contributed by atoms with Gasteiger partial charge in [-0.15, -0.1) is 0 Å². The Balaban J connectivity index is 3.19. The molecule has 6 heteroatoms. The van der Waals surface area contributed by atoms with Crippen LogP contribution in [0.2, 0.25) is 0 Å². The molecule has 102 valence electrons. The zero-order chi connectivity index (χ0) is 14.4. The Bertz CT molecular complexity index is 518. The topological polar surface area (TPSA) is 82.1 Å². The molecule has 0 fully saturated rings. The molecule has 0 amide bonds. The summed E-state index contributed by atoms with van der Waals surface area (Å²) in [6, 6.07) is 3.17. The number of rotatable bonds is 6. The van der Waals surface area contributed by atoms with Crippen LogP contribution in [0.3, 0.4) is 0 Å². The second-order valence-electron chi connectivity index (χ2n) is 3.45. The molecule has 0 spiro atoms. The SMILES string of the molecule is COc1cc(OC)c(OC)cc1/C=C/C(=O)C(=O)O. The number of benzene rings is 1. The van der Waals surface area contributed by atoms with Crippen molar-refractivity contribution in [1.82, 2.24) is 0 Å². The van der Waals surface area contributed by atoms with Crippen LogP contribution in [0.4, 0.5) is 0 Å². The lowest BCUT2D eigenvalue weighted by Gasteiger charge is -2.11. The highest BCUT2D eigenvalue weighted by atomic mass is 16.5. The van der Waals surface area contributed by atoms with Crippen LogP contribution in [0, 0.1) is 0 Å². The van der Waals surface area contributed by atoms with E-state index in [0.717, 1.165) is 6.08 Å². The first-order valence-electron chi connectivity index (χ1n) is 5.28. The molecule has 1 aromatic carbocycles. The predicted molar refractivity (Wildman–Crippen MR) is 67.8 cm³/mol. The first-order valence-corrected chi connectivity index (χ1v) is 5.28. The van der Waals surface area contributed by atoms with Gasteiger partial charge >= 0.3 is 5.97 Å². The van der Waals surface area contributed by atoms with Crippen molar-refractivity contribution in [2.75, 3.05) is 21.3 Å². The third-order valence-corrected chi connectivity index (χ3v) is 2.36. The molecule has 0 atom stereocenters. The Morgan fingerprint density at radius 2 is 1.53 bits per heavy atom. The predicted octanol–water partition coefficient (Wildman–Crippen LogP) is 1.38. The van der Waals surface area contributed by atoms with Gasteiger partial charge in [-0.05, 0) is 18.2 Å². The van der Waals surface area contributed by atoms with Crippen molar-refractivity contribution in [3.05, 3.63) is 23.8 Å². The zero-order valence-corrected chi connectivity index (χ0v) is 10.8. The summed E-state index contributed by atoms with van der Waals surface area (Å²) in [5.41, 5.74) is 0.509. The number of ether oxygens (including phenoxy) is 3. The minimum absolute atomic E-state index is 0.437. The van der Waals surface area contributed by atoms with Gasteiger partial charge in [-0.1, -0.05) is 0 Å². The number of hydrogen-bond acceptors (Lipinski definition) is 5. The van der Waals surface area contributed by atoms with Crippen molar-refractivity contribution in [3.63, 3.8) is 0 Å². The van der Waals surface area contributed by atoms with Gasteiger partial charge in [-0.2, -0.15) is 0 Å². The molecule has 0 saturated carbocycles. The molecule has 1 aromatic rings. The highest BCUT2D eigenvalue weighted by Crippen LogP contribution is 2.35. The van der Waals surface area contributed by atoms with Crippen molar-refractivity contribution < 1.29 is 28.9 Å². The molecular formula is C13H14O6. The van der Waals surface area contributed by atoms with Gasteiger partial charge in [0.2, 0.25) is 0 Å². The standard InChI is InChI=1S/C13H14O6/c1-17-10-7-12(19-3)11(18-2)6-8(10)4-5-9(14)13(15)16/h4-7H,1-3H3,(H,15,16)/b5-4+. The summed E-state index contributed by atoms with van der Waals surface area (Å²) in [4.78, 5) is 21.4. The van der Waals surface area contributed by atoms with E-state index in [1.165, 1.54) is 27.4 Å². The lowest BCUT2D eigenvalue weighted by molar-refractivity contribution is -0.146. The smallest absolute Gasteiger partial charge is 0.376 e. The van der Waals surface area contributed by atoms with E-state index < -0.39 is 11.8 Å². The average molecular weight is 266 g/mol. The molecule has 0 heterocycles. The van der Waals surface area contributed by atoms with Gasteiger partial charge in [0.05, 0.1) is 21.3 Å². The molecular weight excluding hydrogens is 252 g/mol. The molecule has 0 aliphatic carbocycles. The maximum Gasteiger partial charge on any atom is 0.376 e. The van der Waals surface area contributed by atoms with Crippen molar-refractivity contribution in [1.29, 1.82) is 0 Å². The van der Waals surface area contributed by atoms with Gasteiger partial charge in [0.15, 0.2) is 11.5 Å². The van der Waals surface area contributed by atoms with Crippen molar-refractivity contribution in [2.24, 2.45) is 0 Å². The molecule has 19 heavy (non-hydrogen) atoms. The number of hydrogen-bond donors (Lipinski definition) is 1. The molecule has 0 aromatic heterocycles. The van der Waals surface area contributed by atoms with Crippen molar-refractivity contribution in [2.45, 2.75) is 0 Å². The third kappa shape index (κ3) is 3.48. The van der Waals surface area contributed by atoms with Crippen LogP contribution >= 0.6 is 0 Å². The largest absolute Gasteiger partial charge is 0.496 e. The highest BCUT2D eigenvalue weighted by Gasteiger charge is 2.11. The molecule has 0 unspecified atom stereocenters. The van der Waals surface area contributed by atoms with E-state index in [9.17, 15) is 9.59 Å². The zero-order valence-electron chi connectivity index (χ0n) is 10.8. The minimum atomic E-state index is -1.52. The highest BCUT2D eigenvalue weighted by molar-refractivity contribution is 6.38. The number of aliphatic carboxylic acids is 1. The molecule has 0 aliphatic rings. The molecule has 0 radical (unpaired) electrons. The fourth-order valence-electron chi connectivity index (χ4n) is 1.42.